The van der Waals surface area contributed by atoms with Gasteiger partial charge in [0.15, 0.2) is 0 Å². The van der Waals surface area contributed by atoms with Gasteiger partial charge in [0, 0.05) is 24.1 Å². The molecule has 6 atom stereocenters. The lowest BCUT2D eigenvalue weighted by Gasteiger charge is -2.46. The molecule has 3 amide bonds. The van der Waals surface area contributed by atoms with Crippen LogP contribution in [-0.2, 0) is 35.9 Å². The molecule has 14 heteroatoms. The molecule has 6 unspecified atom stereocenters. The molecule has 3 aliphatic heterocycles. The lowest BCUT2D eigenvalue weighted by Crippen LogP contribution is -2.55. The number of carbonyl (C=O) groups is 4. The number of carbonyl (C=O) groups excluding carboxylic acids is 4. The third kappa shape index (κ3) is 6.52. The van der Waals surface area contributed by atoms with E-state index in [0.29, 0.717) is 27.8 Å². The van der Waals surface area contributed by atoms with Gasteiger partial charge in [0.05, 0.1) is 35.2 Å². The largest absolute Gasteiger partial charge is 0.508 e. The van der Waals surface area contributed by atoms with E-state index in [1.54, 1.807) is 29.2 Å². The zero-order chi connectivity index (χ0) is 41.4. The van der Waals surface area contributed by atoms with Gasteiger partial charge in [-0.25, -0.2) is 9.69 Å². The second kappa shape index (κ2) is 15.5. The fraction of sp³-hybridized carbons (Fsp3) is 0.200. The summed E-state index contributed by atoms with van der Waals surface area (Å²) in [5.41, 5.74) is 6.83. The number of primary amides is 1. The van der Waals surface area contributed by atoms with Gasteiger partial charge in [0.2, 0.25) is 11.8 Å². The number of aliphatic hydroxyl groups excluding tert-OH is 1. The summed E-state index contributed by atoms with van der Waals surface area (Å²) >= 11 is 0. The van der Waals surface area contributed by atoms with E-state index < -0.39 is 64.4 Å². The van der Waals surface area contributed by atoms with Gasteiger partial charge in [0.25, 0.3) is 5.69 Å². The molecular formula is C45H36N4O10. The van der Waals surface area contributed by atoms with E-state index in [1.165, 1.54) is 42.5 Å². The van der Waals surface area contributed by atoms with Gasteiger partial charge in [-0.2, -0.15) is 0 Å². The van der Waals surface area contributed by atoms with Crippen LogP contribution in [0.2, 0.25) is 0 Å². The number of phenolic OH excluding ortho intramolecular Hbond substituents is 1. The van der Waals surface area contributed by atoms with Crippen molar-refractivity contribution in [2.45, 2.75) is 42.7 Å². The number of phenols is 1. The number of hydrogen-bond donors (Lipinski definition) is 3. The van der Waals surface area contributed by atoms with E-state index in [2.05, 4.69) is 11.8 Å². The summed E-state index contributed by atoms with van der Waals surface area (Å²) in [6.45, 7) is -0.576. The van der Waals surface area contributed by atoms with Gasteiger partial charge < -0.3 is 25.4 Å². The molecule has 296 valence electrons. The standard InChI is InChI=1S/C45H36N4O10/c46-41(52)36-38-42(53)59-39(30-12-5-2-6-13-30)37(29-10-3-1-4-11-29)48(38)40(31-17-21-33(51)22-18-31)45(36)34-25-27(9-7-8-24-50)16-23-35(34)47(43(45)54)44(55)58-26-28-14-19-32(20-15-28)49(56)57/h1-6,10-23,25,36-40,50-51H,8,24,26H2,(H2,46,52). The normalized spacial score (nSPS) is 23.1. The number of benzene rings is 5. The van der Waals surface area contributed by atoms with E-state index in [0.717, 1.165) is 4.90 Å². The molecule has 14 nitrogen and oxygen atoms in total. The SMILES string of the molecule is NC(=O)C1C2C(=O)OC(c3ccccc3)C(c3ccccc3)N2C(c2ccc(O)cc2)C12C(=O)N(C(=O)OCc1ccc([N+](=O)[O-])cc1)c1ccc(C#CCCO)cc12. The number of ether oxygens (including phenoxy) is 2. The molecule has 5 aromatic carbocycles. The number of imide groups is 1. The minimum atomic E-state index is -2.11. The number of nitro groups is 1. The first kappa shape index (κ1) is 38.5. The number of nitrogens with zero attached hydrogens (tertiary/aromatic N) is 3. The van der Waals surface area contributed by atoms with Crippen LogP contribution in [-0.4, -0.2) is 56.6 Å². The number of rotatable bonds is 8. The number of nitro benzene ring substituents is 1. The summed E-state index contributed by atoms with van der Waals surface area (Å²) in [6.07, 6.45) is -1.92. The Morgan fingerprint density at radius 2 is 1.53 bits per heavy atom. The van der Waals surface area contributed by atoms with E-state index in [1.807, 2.05) is 60.7 Å². The molecule has 2 fully saturated rings. The van der Waals surface area contributed by atoms with Gasteiger partial charge in [-0.05, 0) is 70.3 Å². The number of non-ortho nitro benzene ring substituents is 1. The Morgan fingerprint density at radius 3 is 2.15 bits per heavy atom. The molecule has 3 heterocycles. The van der Waals surface area contributed by atoms with Crippen molar-refractivity contribution in [1.82, 2.24) is 4.90 Å². The maximum atomic E-state index is 15.8. The van der Waals surface area contributed by atoms with Crippen LogP contribution in [0.4, 0.5) is 16.2 Å². The molecule has 0 aliphatic carbocycles. The predicted molar refractivity (Wildman–Crippen MR) is 211 cm³/mol. The first-order valence-electron chi connectivity index (χ1n) is 18.7. The molecule has 0 radical (unpaired) electrons. The van der Waals surface area contributed by atoms with Gasteiger partial charge in [-0.15, -0.1) is 0 Å². The third-order valence-electron chi connectivity index (χ3n) is 11.1. The van der Waals surface area contributed by atoms with Crippen LogP contribution < -0.4 is 10.6 Å². The van der Waals surface area contributed by atoms with Crippen molar-refractivity contribution in [3.05, 3.63) is 171 Å². The maximum absolute atomic E-state index is 15.8. The van der Waals surface area contributed by atoms with Gasteiger partial charge in [-0.1, -0.05) is 84.6 Å². The van der Waals surface area contributed by atoms with Crippen molar-refractivity contribution in [2.75, 3.05) is 11.5 Å². The number of nitrogens with two attached hydrogens (primary N) is 1. The summed E-state index contributed by atoms with van der Waals surface area (Å²) in [5, 5.41) is 31.2. The van der Waals surface area contributed by atoms with Crippen LogP contribution in [0.15, 0.2) is 127 Å². The smallest absolute Gasteiger partial charge is 0.421 e. The van der Waals surface area contributed by atoms with Crippen molar-refractivity contribution in [1.29, 1.82) is 0 Å². The lowest BCUT2D eigenvalue weighted by molar-refractivity contribution is -0.384. The summed E-state index contributed by atoms with van der Waals surface area (Å²) in [7, 11) is 0. The van der Waals surface area contributed by atoms with Crippen LogP contribution in [0, 0.1) is 27.9 Å². The second-order valence-electron chi connectivity index (χ2n) is 14.4. The highest BCUT2D eigenvalue weighted by atomic mass is 16.6. The molecule has 4 N–H and O–H groups in total. The Morgan fingerprint density at radius 1 is 0.864 bits per heavy atom. The van der Waals surface area contributed by atoms with Crippen LogP contribution in [0.25, 0.3) is 0 Å². The minimum Gasteiger partial charge on any atom is -0.508 e. The highest BCUT2D eigenvalue weighted by Crippen LogP contribution is 2.65. The lowest BCUT2D eigenvalue weighted by atomic mass is 9.65. The van der Waals surface area contributed by atoms with Crippen molar-refractivity contribution >= 4 is 35.3 Å². The number of anilines is 1. The average molecular weight is 793 g/mol. The minimum absolute atomic E-state index is 0.0514. The van der Waals surface area contributed by atoms with E-state index in [4.69, 9.17) is 15.2 Å². The third-order valence-corrected chi connectivity index (χ3v) is 11.1. The van der Waals surface area contributed by atoms with Crippen molar-refractivity contribution < 1.29 is 43.8 Å². The van der Waals surface area contributed by atoms with Crippen LogP contribution in [0.1, 0.15) is 58.0 Å². The highest BCUT2D eigenvalue weighted by molar-refractivity contribution is 6.23. The summed E-state index contributed by atoms with van der Waals surface area (Å²) < 4.78 is 12.0. The molecule has 3 aliphatic rings. The van der Waals surface area contributed by atoms with Crippen molar-refractivity contribution in [2.24, 2.45) is 11.7 Å². The molecule has 0 saturated carbocycles. The van der Waals surface area contributed by atoms with E-state index in [9.17, 15) is 34.7 Å². The number of cyclic esters (lactones) is 1. The average Bonchev–Trinajstić information content (AvgIpc) is 3.70. The fourth-order valence-corrected chi connectivity index (χ4v) is 8.80. The predicted octanol–water partition coefficient (Wildman–Crippen LogP) is 5.52. The fourth-order valence-electron chi connectivity index (χ4n) is 8.80. The number of aromatic hydroxyl groups is 1. The van der Waals surface area contributed by atoms with Crippen molar-refractivity contribution in [3.63, 3.8) is 0 Å². The van der Waals surface area contributed by atoms with Crippen molar-refractivity contribution in [3.8, 4) is 17.6 Å². The quantitative estimate of drug-likeness (QED) is 0.0773. The zero-order valence-electron chi connectivity index (χ0n) is 31.2. The molecule has 8 rings (SSSR count). The first-order valence-corrected chi connectivity index (χ1v) is 18.7. The number of fused-ring (bicyclic) bond motifs is 3. The van der Waals surface area contributed by atoms with E-state index in [-0.39, 0.29) is 42.3 Å². The second-order valence-corrected chi connectivity index (χ2v) is 14.4. The van der Waals surface area contributed by atoms with Crippen LogP contribution >= 0.6 is 0 Å². The molecule has 59 heavy (non-hydrogen) atoms. The Balaban J connectivity index is 1.37. The Hall–Kier alpha value is -7.34. The molecule has 2 saturated heterocycles. The summed E-state index contributed by atoms with van der Waals surface area (Å²) in [6, 6.07) is 30.8. The molecule has 1 spiro atoms. The van der Waals surface area contributed by atoms with Gasteiger partial charge >= 0.3 is 12.1 Å². The van der Waals surface area contributed by atoms with Crippen LogP contribution in [0.5, 0.6) is 5.75 Å². The number of morpholine rings is 1. The first-order chi connectivity index (χ1) is 28.6. The van der Waals surface area contributed by atoms with E-state index >= 15 is 4.79 Å². The Labute approximate surface area is 337 Å². The zero-order valence-corrected chi connectivity index (χ0v) is 31.2. The Bertz CT molecular complexity index is 2520. The number of esters is 1. The molecule has 5 aromatic rings. The summed E-state index contributed by atoms with van der Waals surface area (Å²) in [4.78, 5) is 72.4. The monoisotopic (exact) mass is 792 g/mol. The molecule has 0 bridgehead atoms. The summed E-state index contributed by atoms with van der Waals surface area (Å²) in [5.74, 6) is 1.39. The Kier molecular flexibility index (Phi) is 10.1. The maximum Gasteiger partial charge on any atom is 0.421 e. The number of amides is 3. The number of aliphatic hydroxyl groups is 1. The molecular weight excluding hydrogens is 757 g/mol. The van der Waals surface area contributed by atoms with Gasteiger partial charge in [-0.3, -0.25) is 29.4 Å². The highest BCUT2D eigenvalue weighted by Gasteiger charge is 2.75. The van der Waals surface area contributed by atoms with Gasteiger partial charge in [0.1, 0.15) is 29.9 Å². The number of hydrogen-bond acceptors (Lipinski definition) is 11. The molecule has 0 aromatic heterocycles. The van der Waals surface area contributed by atoms with Crippen LogP contribution in [0.3, 0.4) is 0 Å². The topological polar surface area (TPSA) is 203 Å².